The lowest BCUT2D eigenvalue weighted by atomic mass is 10.0. The van der Waals surface area contributed by atoms with E-state index in [0.717, 1.165) is 16.9 Å². The van der Waals surface area contributed by atoms with Crippen LogP contribution in [0, 0.1) is 0 Å². The third kappa shape index (κ3) is 8.92. The summed E-state index contributed by atoms with van der Waals surface area (Å²) in [6, 6.07) is 7.67. The molecular weight excluding hydrogens is 394 g/mol. The maximum Gasteiger partial charge on any atom is 0.251 e. The Morgan fingerprint density at radius 1 is 1.16 bits per heavy atom. The molecule has 0 fully saturated rings. The van der Waals surface area contributed by atoms with Crippen LogP contribution in [0.25, 0.3) is 0 Å². The van der Waals surface area contributed by atoms with Gasteiger partial charge in [0.25, 0.3) is 5.91 Å². The van der Waals surface area contributed by atoms with Gasteiger partial charge in [0.15, 0.2) is 0 Å². The Kier molecular flexibility index (Phi) is 11.5. The van der Waals surface area contributed by atoms with Crippen LogP contribution in [-0.4, -0.2) is 45.7 Å². The van der Waals surface area contributed by atoms with E-state index in [1.807, 2.05) is 37.3 Å². The zero-order valence-electron chi connectivity index (χ0n) is 18.8. The first-order chi connectivity index (χ1) is 14.8. The number of ether oxygens (including phenoxy) is 2. The summed E-state index contributed by atoms with van der Waals surface area (Å²) in [4.78, 5) is 24.5. The zero-order chi connectivity index (χ0) is 23.2. The SMILES string of the molecule is C=C/C=C(C)\C(=C/Cc1ccc(OCCOC)cc1)C(=O)NC/C(C(N)=O)=C(\C)NC. The number of amides is 2. The number of allylic oxidation sites excluding steroid dienone is 4. The molecule has 0 saturated carbocycles. The van der Waals surface area contributed by atoms with E-state index >= 15 is 0 Å². The Bertz CT molecular complexity index is 852. The first kappa shape index (κ1) is 25.7. The monoisotopic (exact) mass is 427 g/mol. The van der Waals surface area contributed by atoms with E-state index in [0.29, 0.717) is 36.5 Å². The van der Waals surface area contributed by atoms with Crippen molar-refractivity contribution in [3.05, 3.63) is 77.1 Å². The fourth-order valence-corrected chi connectivity index (χ4v) is 2.70. The highest BCUT2D eigenvalue weighted by molar-refractivity contribution is 5.99. The summed E-state index contributed by atoms with van der Waals surface area (Å²) in [7, 11) is 3.32. The lowest BCUT2D eigenvalue weighted by Gasteiger charge is -2.13. The Balaban J connectivity index is 2.94. The van der Waals surface area contributed by atoms with Crippen LogP contribution in [0.5, 0.6) is 5.75 Å². The molecule has 1 aromatic rings. The highest BCUT2D eigenvalue weighted by Crippen LogP contribution is 2.16. The maximum atomic E-state index is 12.8. The number of nitrogens with one attached hydrogen (secondary N) is 2. The molecule has 1 rings (SSSR count). The van der Waals surface area contributed by atoms with Crippen LogP contribution in [0.15, 0.2) is 71.5 Å². The van der Waals surface area contributed by atoms with Gasteiger partial charge in [0.1, 0.15) is 12.4 Å². The summed E-state index contributed by atoms with van der Waals surface area (Å²) in [5.74, 6) is -0.113. The number of carbonyl (C=O) groups is 2. The molecule has 7 heteroatoms. The van der Waals surface area contributed by atoms with Gasteiger partial charge in [0.2, 0.25) is 5.91 Å². The molecule has 0 bridgehead atoms. The van der Waals surface area contributed by atoms with Gasteiger partial charge in [-0.15, -0.1) is 0 Å². The predicted molar refractivity (Wildman–Crippen MR) is 124 cm³/mol. The second-order valence-corrected chi connectivity index (χ2v) is 6.79. The van der Waals surface area contributed by atoms with E-state index in [2.05, 4.69) is 17.2 Å². The van der Waals surface area contributed by atoms with Crippen molar-refractivity contribution in [2.24, 2.45) is 5.73 Å². The molecule has 7 nitrogen and oxygen atoms in total. The van der Waals surface area contributed by atoms with Crippen LogP contribution in [0.3, 0.4) is 0 Å². The maximum absolute atomic E-state index is 12.8. The smallest absolute Gasteiger partial charge is 0.251 e. The first-order valence-corrected chi connectivity index (χ1v) is 10.00. The van der Waals surface area contributed by atoms with Gasteiger partial charge in [-0.3, -0.25) is 9.59 Å². The molecule has 0 aliphatic carbocycles. The third-order valence-corrected chi connectivity index (χ3v) is 4.61. The topological polar surface area (TPSA) is 103 Å². The molecule has 2 amide bonds. The first-order valence-electron chi connectivity index (χ1n) is 10.00. The van der Waals surface area contributed by atoms with Gasteiger partial charge in [0, 0.05) is 25.4 Å². The second kappa shape index (κ2) is 13.8. The van der Waals surface area contributed by atoms with Gasteiger partial charge in [-0.1, -0.05) is 36.9 Å². The summed E-state index contributed by atoms with van der Waals surface area (Å²) in [5, 5.41) is 5.66. The molecule has 0 heterocycles. The fourth-order valence-electron chi connectivity index (χ4n) is 2.70. The van der Waals surface area contributed by atoms with E-state index in [4.69, 9.17) is 15.2 Å². The largest absolute Gasteiger partial charge is 0.491 e. The average molecular weight is 428 g/mol. The molecule has 0 radical (unpaired) electrons. The highest BCUT2D eigenvalue weighted by Gasteiger charge is 2.15. The predicted octanol–water partition coefficient (Wildman–Crippen LogP) is 2.41. The van der Waals surface area contributed by atoms with Crippen LogP contribution in [0.2, 0.25) is 0 Å². The average Bonchev–Trinajstić information content (AvgIpc) is 2.75. The van der Waals surface area contributed by atoms with Crippen LogP contribution in [0.1, 0.15) is 19.4 Å². The zero-order valence-corrected chi connectivity index (χ0v) is 18.8. The van der Waals surface area contributed by atoms with Crippen LogP contribution >= 0.6 is 0 Å². The van der Waals surface area contributed by atoms with Crippen molar-refractivity contribution in [2.75, 3.05) is 33.9 Å². The van der Waals surface area contributed by atoms with Crippen molar-refractivity contribution in [1.29, 1.82) is 0 Å². The van der Waals surface area contributed by atoms with Crippen molar-refractivity contribution >= 4 is 11.8 Å². The standard InChI is InChI=1S/C24H33N3O4/c1-6-7-17(2)21(24(29)27-16-22(23(25)28)18(3)26-4)13-10-19-8-11-20(12-9-19)31-15-14-30-5/h6-9,11-13,26H,1,10,14-16H2,2-5H3,(H2,25,28)(H,27,29)/b17-7-,21-13+,22-18-. The normalized spacial score (nSPS) is 12.6. The van der Waals surface area contributed by atoms with Gasteiger partial charge in [-0.2, -0.15) is 0 Å². The van der Waals surface area contributed by atoms with E-state index in [1.165, 1.54) is 0 Å². The van der Waals surface area contributed by atoms with Crippen molar-refractivity contribution in [2.45, 2.75) is 20.3 Å². The minimum atomic E-state index is -0.580. The number of rotatable bonds is 13. The highest BCUT2D eigenvalue weighted by atomic mass is 16.5. The molecule has 0 aromatic heterocycles. The van der Waals surface area contributed by atoms with Crippen LogP contribution in [0.4, 0.5) is 0 Å². The Morgan fingerprint density at radius 3 is 2.39 bits per heavy atom. The van der Waals surface area contributed by atoms with Gasteiger partial charge >= 0.3 is 0 Å². The summed E-state index contributed by atoms with van der Waals surface area (Å²) in [5.41, 5.74) is 8.66. The van der Waals surface area contributed by atoms with Crippen molar-refractivity contribution in [3.63, 3.8) is 0 Å². The van der Waals surface area contributed by atoms with Crippen LogP contribution in [-0.2, 0) is 20.7 Å². The summed E-state index contributed by atoms with van der Waals surface area (Å²) < 4.78 is 10.5. The van der Waals surface area contributed by atoms with Gasteiger partial charge in [-0.25, -0.2) is 0 Å². The number of methoxy groups -OCH3 is 1. The molecule has 0 spiro atoms. The number of nitrogens with two attached hydrogens (primary N) is 1. The molecule has 168 valence electrons. The Hall–Kier alpha value is -3.32. The third-order valence-electron chi connectivity index (χ3n) is 4.61. The minimum absolute atomic E-state index is 0.0348. The molecule has 1 aromatic carbocycles. The van der Waals surface area contributed by atoms with E-state index in [1.54, 1.807) is 33.2 Å². The summed E-state index contributed by atoms with van der Waals surface area (Å²) in [6.07, 6.45) is 5.80. The lowest BCUT2D eigenvalue weighted by Crippen LogP contribution is -2.33. The number of benzene rings is 1. The molecule has 0 atom stereocenters. The van der Waals surface area contributed by atoms with E-state index in [-0.39, 0.29) is 12.5 Å². The summed E-state index contributed by atoms with van der Waals surface area (Å²) in [6.45, 7) is 8.31. The van der Waals surface area contributed by atoms with Crippen molar-refractivity contribution in [1.82, 2.24) is 10.6 Å². The second-order valence-electron chi connectivity index (χ2n) is 6.79. The van der Waals surface area contributed by atoms with E-state index in [9.17, 15) is 9.59 Å². The number of hydrogen-bond donors (Lipinski definition) is 3. The molecular formula is C24H33N3O4. The quantitative estimate of drug-likeness (QED) is 0.255. The number of primary amides is 1. The fraction of sp³-hybridized carbons (Fsp3) is 0.333. The molecule has 4 N–H and O–H groups in total. The van der Waals surface area contributed by atoms with Crippen molar-refractivity contribution in [3.8, 4) is 5.75 Å². The van der Waals surface area contributed by atoms with Gasteiger partial charge in [0.05, 0.1) is 18.7 Å². The molecule has 0 aliphatic rings. The molecule has 31 heavy (non-hydrogen) atoms. The van der Waals surface area contributed by atoms with Gasteiger partial charge in [-0.05, 0) is 43.5 Å². The van der Waals surface area contributed by atoms with E-state index < -0.39 is 5.91 Å². The Labute approximate surface area is 184 Å². The minimum Gasteiger partial charge on any atom is -0.491 e. The number of carbonyl (C=O) groups excluding carboxylic acids is 2. The summed E-state index contributed by atoms with van der Waals surface area (Å²) >= 11 is 0. The van der Waals surface area contributed by atoms with Crippen LogP contribution < -0.4 is 21.1 Å². The molecule has 0 saturated heterocycles. The van der Waals surface area contributed by atoms with Gasteiger partial charge < -0.3 is 25.8 Å². The molecule has 0 aliphatic heterocycles. The lowest BCUT2D eigenvalue weighted by molar-refractivity contribution is -0.117. The number of hydrogen-bond acceptors (Lipinski definition) is 5. The Morgan fingerprint density at radius 2 is 1.84 bits per heavy atom. The van der Waals surface area contributed by atoms with Crippen molar-refractivity contribution < 1.29 is 19.1 Å². The molecule has 0 unspecified atom stereocenters.